The number of oxime groups is 1. The van der Waals surface area contributed by atoms with Crippen LogP contribution in [0.25, 0.3) is 0 Å². The third kappa shape index (κ3) is 4.28. The molecule has 184 valence electrons. The number of nitrogens with zero attached hydrogens (tertiary/aromatic N) is 3. The summed E-state index contributed by atoms with van der Waals surface area (Å²) in [5, 5.41) is 4.59. The zero-order valence-electron chi connectivity index (χ0n) is 21.6. The third-order valence-electron chi connectivity index (χ3n) is 10.6. The van der Waals surface area contributed by atoms with E-state index in [4.69, 9.17) is 9.25 Å². The van der Waals surface area contributed by atoms with Crippen LogP contribution in [-0.4, -0.2) is 36.3 Å². The zero-order chi connectivity index (χ0) is 23.2. The number of fused-ring (bicyclic) bond motifs is 5. The van der Waals surface area contributed by atoms with Gasteiger partial charge in [-0.05, 0) is 112 Å². The molecule has 33 heavy (non-hydrogen) atoms. The lowest BCUT2D eigenvalue weighted by Gasteiger charge is -2.60. The van der Waals surface area contributed by atoms with Crippen molar-refractivity contribution in [2.24, 2.45) is 45.6 Å². The first-order valence-corrected chi connectivity index (χ1v) is 13.6. The highest BCUT2D eigenvalue weighted by atomic mass is 16.6. The van der Waals surface area contributed by atoms with Crippen molar-refractivity contribution < 1.29 is 9.25 Å². The smallest absolute Gasteiger partial charge is 0.197 e. The van der Waals surface area contributed by atoms with Gasteiger partial charge in [-0.25, -0.2) is 4.98 Å². The van der Waals surface area contributed by atoms with E-state index >= 15 is 0 Å². The maximum absolute atomic E-state index is 5.78. The number of hydrogen-bond donors (Lipinski definition) is 0. The molecule has 4 unspecified atom stereocenters. The molecule has 4 fully saturated rings. The topological polar surface area (TPSA) is 50.9 Å². The van der Waals surface area contributed by atoms with Crippen molar-refractivity contribution in [3.63, 3.8) is 0 Å². The molecule has 1 aromatic rings. The van der Waals surface area contributed by atoms with Gasteiger partial charge in [-0.15, -0.1) is 0 Å². The SMILES string of the molecule is C[C@H]1CCC2C3CCC4CC(=NOCCc5ncc(CN(C)C)o5)CC[C@]4(C)C3CC[C@@]21C. The van der Waals surface area contributed by atoms with Gasteiger partial charge in [0.2, 0.25) is 0 Å². The van der Waals surface area contributed by atoms with E-state index in [1.165, 1.54) is 50.7 Å². The Morgan fingerprint density at radius 2 is 1.91 bits per heavy atom. The minimum absolute atomic E-state index is 0.510. The highest BCUT2D eigenvalue weighted by Gasteiger charge is 2.59. The molecule has 5 rings (SSSR count). The molecule has 7 atom stereocenters. The fourth-order valence-electron chi connectivity index (χ4n) is 8.52. The van der Waals surface area contributed by atoms with Gasteiger partial charge in [0.1, 0.15) is 12.4 Å². The van der Waals surface area contributed by atoms with Crippen LogP contribution in [0.5, 0.6) is 0 Å². The first kappa shape index (κ1) is 23.4. The van der Waals surface area contributed by atoms with Gasteiger partial charge >= 0.3 is 0 Å². The second kappa shape index (κ2) is 9.02. The predicted octanol–water partition coefficient (Wildman–Crippen LogP) is 6.33. The van der Waals surface area contributed by atoms with Crippen molar-refractivity contribution in [1.82, 2.24) is 9.88 Å². The summed E-state index contributed by atoms with van der Waals surface area (Å²) >= 11 is 0. The fourth-order valence-corrected chi connectivity index (χ4v) is 8.52. The highest BCUT2D eigenvalue weighted by Crippen LogP contribution is 2.67. The van der Waals surface area contributed by atoms with Crippen LogP contribution in [0.15, 0.2) is 15.8 Å². The molecule has 1 aromatic heterocycles. The Bertz CT molecular complexity index is 863. The molecular formula is C28H45N3O2. The van der Waals surface area contributed by atoms with E-state index in [-0.39, 0.29) is 0 Å². The van der Waals surface area contributed by atoms with E-state index in [2.05, 4.69) is 35.8 Å². The van der Waals surface area contributed by atoms with Crippen LogP contribution in [-0.2, 0) is 17.8 Å². The Labute approximate surface area is 200 Å². The molecule has 0 aliphatic heterocycles. The van der Waals surface area contributed by atoms with E-state index in [9.17, 15) is 0 Å². The normalized spacial score (nSPS) is 41.6. The lowest BCUT2D eigenvalue weighted by Crippen LogP contribution is -2.53. The molecule has 1 heterocycles. The number of aromatic nitrogens is 1. The van der Waals surface area contributed by atoms with Gasteiger partial charge in [0.05, 0.1) is 24.9 Å². The van der Waals surface area contributed by atoms with E-state index in [1.807, 2.05) is 20.3 Å². The fraction of sp³-hybridized carbons (Fsp3) is 0.857. The minimum Gasteiger partial charge on any atom is -0.444 e. The summed E-state index contributed by atoms with van der Waals surface area (Å²) in [6.45, 7) is 9.11. The van der Waals surface area contributed by atoms with Crippen molar-refractivity contribution in [3.05, 3.63) is 17.8 Å². The largest absolute Gasteiger partial charge is 0.444 e. The molecule has 0 radical (unpaired) electrons. The lowest BCUT2D eigenvalue weighted by molar-refractivity contribution is -0.0994. The molecule has 4 saturated carbocycles. The predicted molar refractivity (Wildman–Crippen MR) is 132 cm³/mol. The Balaban J connectivity index is 1.15. The van der Waals surface area contributed by atoms with Crippen molar-refractivity contribution in [3.8, 4) is 0 Å². The van der Waals surface area contributed by atoms with Crippen LogP contribution >= 0.6 is 0 Å². The standard InChI is InChI=1S/C28H45N3O2/c1-19-6-9-24-23-8-7-20-16-21(10-13-28(20,3)25(23)11-14-27(19,24)2)30-32-15-12-26-29-17-22(33-26)18-31(4)5/h17,19-20,23-25H,6-16,18H2,1-5H3/t19-,20?,23?,24?,25?,27+,28-/m0/s1. The van der Waals surface area contributed by atoms with Gasteiger partial charge in [0, 0.05) is 0 Å². The molecule has 0 bridgehead atoms. The van der Waals surface area contributed by atoms with E-state index in [1.54, 1.807) is 0 Å². The molecule has 0 N–H and O–H groups in total. The van der Waals surface area contributed by atoms with Crippen LogP contribution in [0, 0.1) is 40.4 Å². The highest BCUT2D eigenvalue weighted by molar-refractivity contribution is 5.85. The van der Waals surface area contributed by atoms with Crippen LogP contribution in [0.2, 0.25) is 0 Å². The van der Waals surface area contributed by atoms with Gasteiger partial charge in [-0.3, -0.25) is 0 Å². The molecule has 0 spiro atoms. The molecule has 5 heteroatoms. The third-order valence-corrected chi connectivity index (χ3v) is 10.6. The van der Waals surface area contributed by atoms with Crippen molar-refractivity contribution >= 4 is 5.71 Å². The van der Waals surface area contributed by atoms with Crippen LogP contribution in [0.3, 0.4) is 0 Å². The summed E-state index contributed by atoms with van der Waals surface area (Å²) < 4.78 is 5.78. The Morgan fingerprint density at radius 3 is 2.73 bits per heavy atom. The molecule has 5 nitrogen and oxygen atoms in total. The Morgan fingerprint density at radius 1 is 1.09 bits per heavy atom. The maximum Gasteiger partial charge on any atom is 0.197 e. The molecular weight excluding hydrogens is 410 g/mol. The summed E-state index contributed by atoms with van der Waals surface area (Å²) in [5.41, 5.74) is 2.41. The minimum atomic E-state index is 0.510. The monoisotopic (exact) mass is 455 g/mol. The second-order valence-corrected chi connectivity index (χ2v) is 12.6. The van der Waals surface area contributed by atoms with Gasteiger partial charge in [-0.2, -0.15) is 0 Å². The summed E-state index contributed by atoms with van der Waals surface area (Å²) in [4.78, 5) is 12.2. The Kier molecular flexibility index (Phi) is 6.39. The molecule has 4 aliphatic rings. The first-order valence-electron chi connectivity index (χ1n) is 13.6. The van der Waals surface area contributed by atoms with Crippen LogP contribution in [0.4, 0.5) is 0 Å². The van der Waals surface area contributed by atoms with Gasteiger partial charge < -0.3 is 14.2 Å². The Hall–Kier alpha value is -1.36. The van der Waals surface area contributed by atoms with Crippen LogP contribution in [0.1, 0.15) is 90.2 Å². The molecule has 0 aromatic carbocycles. The molecule has 0 saturated heterocycles. The quantitative estimate of drug-likeness (QED) is 0.371. The number of oxazole rings is 1. The van der Waals surface area contributed by atoms with E-state index < -0.39 is 0 Å². The summed E-state index contributed by atoms with van der Waals surface area (Å²) in [5.74, 6) is 6.25. The van der Waals surface area contributed by atoms with E-state index in [0.29, 0.717) is 23.9 Å². The molecule has 0 amide bonds. The second-order valence-electron chi connectivity index (χ2n) is 12.6. The van der Waals surface area contributed by atoms with Gasteiger partial charge in [-0.1, -0.05) is 25.9 Å². The zero-order valence-corrected chi connectivity index (χ0v) is 21.6. The van der Waals surface area contributed by atoms with Crippen LogP contribution < -0.4 is 0 Å². The summed E-state index contributed by atoms with van der Waals surface area (Å²) in [7, 11) is 4.06. The summed E-state index contributed by atoms with van der Waals surface area (Å²) in [6, 6.07) is 0. The van der Waals surface area contributed by atoms with Crippen molar-refractivity contribution in [2.45, 2.75) is 91.5 Å². The average Bonchev–Trinajstić information content (AvgIpc) is 3.34. The number of hydrogen-bond acceptors (Lipinski definition) is 5. The lowest BCUT2D eigenvalue weighted by atomic mass is 9.45. The first-order chi connectivity index (χ1) is 15.8. The van der Waals surface area contributed by atoms with E-state index in [0.717, 1.165) is 60.6 Å². The number of rotatable bonds is 6. The summed E-state index contributed by atoms with van der Waals surface area (Å²) in [6.07, 6.45) is 14.8. The van der Waals surface area contributed by atoms with Gasteiger partial charge in [0.15, 0.2) is 5.89 Å². The maximum atomic E-state index is 5.78. The van der Waals surface area contributed by atoms with Crippen molar-refractivity contribution in [1.29, 1.82) is 0 Å². The average molecular weight is 456 g/mol. The van der Waals surface area contributed by atoms with Gasteiger partial charge in [0.25, 0.3) is 0 Å². The van der Waals surface area contributed by atoms with Crippen molar-refractivity contribution in [2.75, 3.05) is 20.7 Å². The molecule has 4 aliphatic carbocycles.